The number of ether oxygens (including phenoxy) is 2. The Kier molecular flexibility index (Phi) is 6.72. The Labute approximate surface area is 215 Å². The van der Waals surface area contributed by atoms with Gasteiger partial charge in [-0.3, -0.25) is 9.59 Å². The van der Waals surface area contributed by atoms with Crippen LogP contribution in [0.1, 0.15) is 38.9 Å². The molecule has 1 atom stereocenters. The van der Waals surface area contributed by atoms with E-state index in [2.05, 4.69) is 0 Å². The van der Waals surface area contributed by atoms with Crippen LogP contribution in [0, 0.1) is 6.92 Å². The van der Waals surface area contributed by atoms with Gasteiger partial charge >= 0.3 is 0 Å². The normalized spacial score (nSPS) is 14.9. The number of para-hydroxylation sites is 1. The van der Waals surface area contributed by atoms with Gasteiger partial charge < -0.3 is 23.7 Å². The van der Waals surface area contributed by atoms with E-state index in [-0.39, 0.29) is 17.1 Å². The molecular weight excluding hydrogens is 468 g/mol. The Bertz CT molecular complexity index is 1510. The summed E-state index contributed by atoms with van der Waals surface area (Å²) in [5, 5.41) is 0.457. The summed E-state index contributed by atoms with van der Waals surface area (Å²) in [5.74, 6) is 0.930. The molecule has 0 N–H and O–H groups in total. The highest BCUT2D eigenvalue weighted by atomic mass is 16.5. The molecule has 190 valence electrons. The summed E-state index contributed by atoms with van der Waals surface area (Å²) in [4.78, 5) is 30.9. The number of carbonyl (C=O) groups is 1. The predicted octanol–water partition coefficient (Wildman–Crippen LogP) is 4.80. The number of methoxy groups -OCH3 is 1. The van der Waals surface area contributed by atoms with Crippen molar-refractivity contribution in [1.29, 1.82) is 0 Å². The highest BCUT2D eigenvalue weighted by molar-refractivity contribution is 5.99. The van der Waals surface area contributed by atoms with Gasteiger partial charge in [-0.1, -0.05) is 48.0 Å². The lowest BCUT2D eigenvalue weighted by Gasteiger charge is -2.27. The number of nitrogens with zero attached hydrogens (tertiary/aromatic N) is 2. The van der Waals surface area contributed by atoms with Gasteiger partial charge in [0, 0.05) is 13.1 Å². The average Bonchev–Trinajstić information content (AvgIpc) is 3.18. The summed E-state index contributed by atoms with van der Waals surface area (Å²) < 4.78 is 17.7. The molecule has 0 aliphatic carbocycles. The molecule has 0 fully saturated rings. The average molecular weight is 499 g/mol. The number of carbonyl (C=O) groups excluding carboxylic acids is 1. The van der Waals surface area contributed by atoms with Crippen molar-refractivity contribution in [3.8, 4) is 11.5 Å². The minimum Gasteiger partial charge on any atom is -0.493 e. The van der Waals surface area contributed by atoms with Crippen LogP contribution in [0.2, 0.25) is 0 Å². The SMILES string of the molecule is COc1cc(C2c3c(oc4ccccc4c3=O)C(=O)N2CCN(C)C)ccc1OCc1ccc(C)cc1. The van der Waals surface area contributed by atoms with Crippen molar-refractivity contribution in [2.45, 2.75) is 19.6 Å². The van der Waals surface area contributed by atoms with Crippen LogP contribution in [0.4, 0.5) is 0 Å². The number of hydrogen-bond donors (Lipinski definition) is 0. The van der Waals surface area contributed by atoms with Gasteiger partial charge in [0.1, 0.15) is 12.2 Å². The van der Waals surface area contributed by atoms with Gasteiger partial charge in [-0.15, -0.1) is 0 Å². The lowest BCUT2D eigenvalue weighted by atomic mass is 9.98. The van der Waals surface area contributed by atoms with Crippen LogP contribution in [0.15, 0.2) is 75.9 Å². The van der Waals surface area contributed by atoms with E-state index in [0.29, 0.717) is 47.7 Å². The first kappa shape index (κ1) is 24.6. The van der Waals surface area contributed by atoms with Gasteiger partial charge in [0.05, 0.1) is 24.1 Å². The molecule has 3 aromatic carbocycles. The molecule has 0 saturated heterocycles. The van der Waals surface area contributed by atoms with Crippen molar-refractivity contribution in [2.75, 3.05) is 34.3 Å². The van der Waals surface area contributed by atoms with Crippen molar-refractivity contribution in [3.05, 3.63) is 105 Å². The molecule has 1 aliphatic rings. The summed E-state index contributed by atoms with van der Waals surface area (Å²) in [7, 11) is 5.48. The second kappa shape index (κ2) is 10.1. The van der Waals surface area contributed by atoms with E-state index in [4.69, 9.17) is 13.9 Å². The molecule has 1 aliphatic heterocycles. The second-order valence-electron chi connectivity index (χ2n) is 9.56. The second-order valence-corrected chi connectivity index (χ2v) is 9.56. The largest absolute Gasteiger partial charge is 0.493 e. The monoisotopic (exact) mass is 498 g/mol. The first-order valence-electron chi connectivity index (χ1n) is 12.2. The van der Waals surface area contributed by atoms with Crippen LogP contribution < -0.4 is 14.9 Å². The third-order valence-corrected chi connectivity index (χ3v) is 6.68. The molecule has 7 nitrogen and oxygen atoms in total. The summed E-state index contributed by atoms with van der Waals surface area (Å²) in [6.07, 6.45) is 0. The maximum Gasteiger partial charge on any atom is 0.290 e. The lowest BCUT2D eigenvalue weighted by molar-refractivity contribution is 0.0716. The molecule has 0 bridgehead atoms. The van der Waals surface area contributed by atoms with Crippen LogP contribution in [0.25, 0.3) is 11.0 Å². The molecule has 0 spiro atoms. The fourth-order valence-electron chi connectivity index (χ4n) is 4.67. The Morgan fingerprint density at radius 2 is 1.73 bits per heavy atom. The predicted molar refractivity (Wildman–Crippen MR) is 142 cm³/mol. The van der Waals surface area contributed by atoms with Crippen molar-refractivity contribution in [3.63, 3.8) is 0 Å². The zero-order valence-electron chi connectivity index (χ0n) is 21.5. The van der Waals surface area contributed by atoms with Crippen LogP contribution in [0.5, 0.6) is 11.5 Å². The zero-order valence-corrected chi connectivity index (χ0v) is 21.5. The minimum atomic E-state index is -0.594. The molecule has 4 aromatic rings. The van der Waals surface area contributed by atoms with Crippen molar-refractivity contribution >= 4 is 16.9 Å². The Balaban J connectivity index is 1.55. The first-order valence-corrected chi connectivity index (χ1v) is 12.2. The maximum atomic E-state index is 13.6. The van der Waals surface area contributed by atoms with Gasteiger partial charge in [0.25, 0.3) is 5.91 Å². The maximum absolute atomic E-state index is 13.6. The fourth-order valence-corrected chi connectivity index (χ4v) is 4.67. The third kappa shape index (κ3) is 4.70. The van der Waals surface area contributed by atoms with Crippen molar-refractivity contribution in [2.24, 2.45) is 0 Å². The molecule has 1 aromatic heterocycles. The molecule has 1 unspecified atom stereocenters. The molecule has 1 amide bonds. The topological polar surface area (TPSA) is 72.2 Å². The minimum absolute atomic E-state index is 0.103. The van der Waals surface area contributed by atoms with E-state index in [1.807, 2.05) is 68.4 Å². The van der Waals surface area contributed by atoms with Gasteiger partial charge in [-0.25, -0.2) is 0 Å². The molecule has 0 saturated carbocycles. The van der Waals surface area contributed by atoms with E-state index in [1.165, 1.54) is 5.56 Å². The number of aryl methyl sites for hydroxylation is 1. The number of likely N-dealkylation sites (N-methyl/N-ethyl adjacent to an activating group) is 1. The Morgan fingerprint density at radius 3 is 2.46 bits per heavy atom. The molecular formula is C30H30N2O5. The number of rotatable bonds is 8. The van der Waals surface area contributed by atoms with Crippen LogP contribution in [-0.4, -0.2) is 50.0 Å². The van der Waals surface area contributed by atoms with Crippen molar-refractivity contribution < 1.29 is 18.7 Å². The summed E-state index contributed by atoms with van der Waals surface area (Å²) >= 11 is 0. The van der Waals surface area contributed by atoms with Gasteiger partial charge in [-0.2, -0.15) is 0 Å². The highest BCUT2D eigenvalue weighted by Crippen LogP contribution is 2.41. The molecule has 5 rings (SSSR count). The first-order chi connectivity index (χ1) is 17.9. The van der Waals surface area contributed by atoms with Crippen molar-refractivity contribution in [1.82, 2.24) is 9.80 Å². The van der Waals surface area contributed by atoms with Crippen LogP contribution >= 0.6 is 0 Å². The number of hydrogen-bond acceptors (Lipinski definition) is 6. The third-order valence-electron chi connectivity index (χ3n) is 6.68. The zero-order chi connectivity index (χ0) is 26.1. The lowest BCUT2D eigenvalue weighted by Crippen LogP contribution is -2.35. The number of amides is 1. The molecule has 2 heterocycles. The summed E-state index contributed by atoms with van der Waals surface area (Å²) in [5.41, 5.74) is 3.57. The number of fused-ring (bicyclic) bond motifs is 2. The molecule has 7 heteroatoms. The van der Waals surface area contributed by atoms with E-state index in [0.717, 1.165) is 11.1 Å². The Hall–Kier alpha value is -4.10. The van der Waals surface area contributed by atoms with E-state index in [1.54, 1.807) is 36.3 Å². The summed E-state index contributed by atoms with van der Waals surface area (Å²) in [6.45, 7) is 3.51. The summed E-state index contributed by atoms with van der Waals surface area (Å²) in [6, 6.07) is 20.2. The van der Waals surface area contributed by atoms with E-state index in [9.17, 15) is 9.59 Å². The van der Waals surface area contributed by atoms with Crippen LogP contribution in [0.3, 0.4) is 0 Å². The standard InChI is InChI=1S/C30H30N2O5/c1-19-9-11-20(12-10-19)18-36-24-14-13-21(17-25(24)35-4)27-26-28(33)22-7-5-6-8-23(22)37-29(26)30(34)32(27)16-15-31(2)3/h5-14,17,27H,15-16,18H2,1-4H3. The van der Waals surface area contributed by atoms with E-state index < -0.39 is 6.04 Å². The smallest absolute Gasteiger partial charge is 0.290 e. The fraction of sp³-hybridized carbons (Fsp3) is 0.267. The molecule has 0 radical (unpaired) electrons. The number of benzene rings is 3. The van der Waals surface area contributed by atoms with Gasteiger partial charge in [0.2, 0.25) is 5.76 Å². The van der Waals surface area contributed by atoms with Gasteiger partial charge in [-0.05, 0) is 56.4 Å². The van der Waals surface area contributed by atoms with Gasteiger partial charge in [0.15, 0.2) is 16.9 Å². The quantitative estimate of drug-likeness (QED) is 0.348. The van der Waals surface area contributed by atoms with Crippen LogP contribution in [-0.2, 0) is 6.61 Å². The highest BCUT2D eigenvalue weighted by Gasteiger charge is 2.42. The van der Waals surface area contributed by atoms with E-state index >= 15 is 0 Å². The Morgan fingerprint density at radius 1 is 0.973 bits per heavy atom. The molecule has 37 heavy (non-hydrogen) atoms.